The van der Waals surface area contributed by atoms with E-state index in [-0.39, 0.29) is 10.8 Å². The molecule has 0 amide bonds. The van der Waals surface area contributed by atoms with Crippen LogP contribution in [0.4, 0.5) is 0 Å². The van der Waals surface area contributed by atoms with Crippen LogP contribution in [-0.2, 0) is 23.7 Å². The number of fused-ring (bicyclic) bond motifs is 2. The monoisotopic (exact) mass is 562 g/mol. The van der Waals surface area contributed by atoms with E-state index >= 15 is 0 Å². The number of hydrogen-bond donors (Lipinski definition) is 0. The van der Waals surface area contributed by atoms with E-state index in [1.165, 1.54) is 76.5 Å². The predicted octanol–water partition coefficient (Wildman–Crippen LogP) is 9.31. The minimum absolute atomic E-state index is 0.0330. The first kappa shape index (κ1) is 29.2. The molecule has 0 radical (unpaired) electrons. The Balaban J connectivity index is 1.88. The lowest BCUT2D eigenvalue weighted by Gasteiger charge is -2.28. The molecule has 0 saturated carbocycles. The van der Waals surface area contributed by atoms with E-state index in [2.05, 4.69) is 152 Å². The highest BCUT2D eigenvalue weighted by Gasteiger charge is 2.28. The molecule has 0 nitrogen and oxygen atoms in total. The second-order valence-corrected chi connectivity index (χ2v) is 14.7. The van der Waals surface area contributed by atoms with E-state index in [4.69, 9.17) is 0 Å². The van der Waals surface area contributed by atoms with Crippen molar-refractivity contribution >= 4 is 17.2 Å². The van der Waals surface area contributed by atoms with Crippen LogP contribution in [-0.4, -0.2) is 0 Å². The lowest BCUT2D eigenvalue weighted by Crippen LogP contribution is -2.30. The number of aryl methyl sites for hydroxylation is 1. The van der Waals surface area contributed by atoms with Gasteiger partial charge in [0.25, 0.3) is 0 Å². The highest BCUT2D eigenvalue weighted by molar-refractivity contribution is 5.83. The van der Waals surface area contributed by atoms with E-state index in [0.29, 0.717) is 0 Å². The lowest BCUT2D eigenvalue weighted by molar-refractivity contribution is 0.579. The molecule has 4 aromatic carbocycles. The molecule has 0 unspecified atom stereocenters. The fraction of sp³-hybridized carbons (Fsp3) is 0.302. The Labute approximate surface area is 258 Å². The lowest BCUT2D eigenvalue weighted by atomic mass is 9.76. The van der Waals surface area contributed by atoms with E-state index < -0.39 is 0 Å². The molecule has 4 aromatic rings. The van der Waals surface area contributed by atoms with Crippen molar-refractivity contribution in [2.24, 2.45) is 0 Å². The quantitative estimate of drug-likeness (QED) is 0.200. The molecular formula is C43H46. The minimum Gasteiger partial charge on any atom is -0.0801 e. The zero-order chi connectivity index (χ0) is 30.5. The molecule has 0 heteroatoms. The van der Waals surface area contributed by atoms with Crippen LogP contribution in [0.25, 0.3) is 17.2 Å². The van der Waals surface area contributed by atoms with Crippen molar-refractivity contribution < 1.29 is 0 Å². The first-order valence-electron chi connectivity index (χ1n) is 15.9. The maximum atomic E-state index is 2.53. The van der Waals surface area contributed by atoms with Crippen molar-refractivity contribution in [3.8, 4) is 0 Å². The van der Waals surface area contributed by atoms with Gasteiger partial charge < -0.3 is 0 Å². The summed E-state index contributed by atoms with van der Waals surface area (Å²) < 4.78 is 0. The van der Waals surface area contributed by atoms with Gasteiger partial charge in [-0.3, -0.25) is 0 Å². The summed E-state index contributed by atoms with van der Waals surface area (Å²) in [4.78, 5) is 0. The summed E-state index contributed by atoms with van der Waals surface area (Å²) >= 11 is 0. The van der Waals surface area contributed by atoms with Gasteiger partial charge in [-0.15, -0.1) is 0 Å². The summed E-state index contributed by atoms with van der Waals surface area (Å²) in [5.41, 5.74) is 14.3. The Morgan fingerprint density at radius 1 is 0.744 bits per heavy atom. The summed E-state index contributed by atoms with van der Waals surface area (Å²) in [5, 5.41) is 5.68. The number of hydrogen-bond acceptors (Lipinski definition) is 0. The normalized spacial score (nSPS) is 13.9. The van der Waals surface area contributed by atoms with Crippen LogP contribution in [0.15, 0.2) is 91.0 Å². The van der Waals surface area contributed by atoms with Gasteiger partial charge in [-0.1, -0.05) is 132 Å². The number of benzene rings is 4. The molecule has 0 aromatic heterocycles. The van der Waals surface area contributed by atoms with Crippen LogP contribution in [0.5, 0.6) is 0 Å². The van der Waals surface area contributed by atoms with Gasteiger partial charge in [-0.05, 0) is 127 Å². The topological polar surface area (TPSA) is 0 Å². The van der Waals surface area contributed by atoms with Crippen molar-refractivity contribution in [3.05, 3.63) is 156 Å². The fourth-order valence-corrected chi connectivity index (χ4v) is 7.61. The summed E-state index contributed by atoms with van der Waals surface area (Å²) in [6, 6.07) is 27.1. The molecule has 0 spiro atoms. The van der Waals surface area contributed by atoms with Gasteiger partial charge >= 0.3 is 0 Å². The molecule has 0 fully saturated rings. The molecule has 0 N–H and O–H groups in total. The SMILES string of the molecule is Cc1cc2c(cc1C(C)(C)C)=c1c(c(C3=CC=CC3)c(C)c(C(C)(C)C)c1=C(Cc1ccccc1)Cc1ccccc1)C=2. The molecule has 0 saturated heterocycles. The first-order chi connectivity index (χ1) is 20.4. The summed E-state index contributed by atoms with van der Waals surface area (Å²) in [5.74, 6) is 0. The second kappa shape index (κ2) is 11.0. The van der Waals surface area contributed by atoms with Crippen LogP contribution >= 0.6 is 0 Å². The van der Waals surface area contributed by atoms with Crippen LogP contribution in [0.3, 0.4) is 0 Å². The highest BCUT2D eigenvalue weighted by atomic mass is 14.3. The maximum absolute atomic E-state index is 2.53. The minimum atomic E-state index is -0.0330. The molecule has 0 heterocycles. The predicted molar refractivity (Wildman–Crippen MR) is 186 cm³/mol. The second-order valence-electron chi connectivity index (χ2n) is 14.7. The van der Waals surface area contributed by atoms with Gasteiger partial charge in [0, 0.05) is 0 Å². The Morgan fingerprint density at radius 3 is 1.86 bits per heavy atom. The van der Waals surface area contributed by atoms with Crippen molar-refractivity contribution in [1.29, 1.82) is 0 Å². The molecule has 218 valence electrons. The van der Waals surface area contributed by atoms with Gasteiger partial charge in [0.15, 0.2) is 0 Å². The van der Waals surface area contributed by atoms with E-state index in [9.17, 15) is 0 Å². The maximum Gasteiger partial charge on any atom is -0.00234 e. The Hall–Kier alpha value is -3.90. The van der Waals surface area contributed by atoms with Gasteiger partial charge in [-0.25, -0.2) is 0 Å². The molecule has 43 heavy (non-hydrogen) atoms. The highest BCUT2D eigenvalue weighted by Crippen LogP contribution is 2.37. The van der Waals surface area contributed by atoms with E-state index in [1.54, 1.807) is 0 Å². The number of rotatable bonds is 5. The molecule has 0 atom stereocenters. The standard InChI is InChI=1S/C43H46/c1-28-23-33-26-36-38(32-21-15-16-22-32)29(2)41(43(6,7)8)39(40(36)35(33)27-37(28)42(3,4)5)34(24-30-17-11-9-12-18-30)25-31-19-13-10-14-20-31/h9-21,23,26-27H,22,24-25H2,1-8H3. The van der Waals surface area contributed by atoms with Gasteiger partial charge in [0.2, 0.25) is 0 Å². The van der Waals surface area contributed by atoms with Crippen LogP contribution in [0.1, 0.15) is 92.5 Å². The molecule has 6 rings (SSSR count). The smallest absolute Gasteiger partial charge is 0.00234 e. The van der Waals surface area contributed by atoms with Crippen molar-refractivity contribution in [2.45, 2.75) is 85.5 Å². The molecule has 0 bridgehead atoms. The van der Waals surface area contributed by atoms with E-state index in [0.717, 1.165) is 19.3 Å². The molecule has 2 aliphatic rings. The third-order valence-electron chi connectivity index (χ3n) is 9.28. The average molecular weight is 563 g/mol. The van der Waals surface area contributed by atoms with Gasteiger partial charge in [0.05, 0.1) is 0 Å². The zero-order valence-electron chi connectivity index (χ0n) is 27.4. The third-order valence-corrected chi connectivity index (χ3v) is 9.28. The summed E-state index contributed by atoms with van der Waals surface area (Å²) in [6.07, 6.45) is 12.2. The van der Waals surface area contributed by atoms with Crippen LogP contribution < -0.4 is 10.4 Å². The Morgan fingerprint density at radius 2 is 1.35 bits per heavy atom. The van der Waals surface area contributed by atoms with Gasteiger partial charge in [-0.2, -0.15) is 0 Å². The third kappa shape index (κ3) is 5.49. The van der Waals surface area contributed by atoms with Crippen LogP contribution in [0.2, 0.25) is 0 Å². The molecular weight excluding hydrogens is 516 g/mol. The number of allylic oxidation sites excluding steroid dienone is 4. The van der Waals surface area contributed by atoms with E-state index in [1.807, 2.05) is 0 Å². The zero-order valence-corrected chi connectivity index (χ0v) is 27.4. The summed E-state index contributed by atoms with van der Waals surface area (Å²) in [6.45, 7) is 19.0. The van der Waals surface area contributed by atoms with Crippen molar-refractivity contribution in [3.63, 3.8) is 0 Å². The molecule has 0 aliphatic heterocycles. The first-order valence-corrected chi connectivity index (χ1v) is 15.9. The Bertz CT molecular complexity index is 1940. The average Bonchev–Trinajstić information content (AvgIpc) is 3.59. The fourth-order valence-electron chi connectivity index (χ4n) is 7.61. The Kier molecular flexibility index (Phi) is 7.45. The molecule has 2 aliphatic carbocycles. The summed E-state index contributed by atoms with van der Waals surface area (Å²) in [7, 11) is 0. The van der Waals surface area contributed by atoms with Crippen molar-refractivity contribution in [1.82, 2.24) is 0 Å². The van der Waals surface area contributed by atoms with Crippen molar-refractivity contribution in [2.75, 3.05) is 0 Å². The van der Waals surface area contributed by atoms with Gasteiger partial charge in [0.1, 0.15) is 0 Å². The largest absolute Gasteiger partial charge is 0.0801 e. The van der Waals surface area contributed by atoms with Crippen LogP contribution in [0, 0.1) is 24.3 Å².